The maximum atomic E-state index is 12.1. The van der Waals surface area contributed by atoms with E-state index < -0.39 is 10.0 Å². The van der Waals surface area contributed by atoms with Crippen LogP contribution in [0.3, 0.4) is 0 Å². The summed E-state index contributed by atoms with van der Waals surface area (Å²) in [5, 5.41) is 10.4. The van der Waals surface area contributed by atoms with E-state index in [1.807, 2.05) is 43.5 Å². The second kappa shape index (κ2) is 7.65. The van der Waals surface area contributed by atoms with Crippen molar-refractivity contribution in [1.29, 1.82) is 5.26 Å². The number of nitriles is 1. The van der Waals surface area contributed by atoms with E-state index in [0.29, 0.717) is 42.0 Å². The van der Waals surface area contributed by atoms with E-state index in [-0.39, 0.29) is 11.4 Å². The van der Waals surface area contributed by atoms with Gasteiger partial charge in [0, 0.05) is 18.0 Å². The lowest BCUT2D eigenvalue weighted by Crippen LogP contribution is -2.17. The van der Waals surface area contributed by atoms with Gasteiger partial charge in [0.25, 0.3) is 0 Å². The van der Waals surface area contributed by atoms with E-state index in [1.54, 1.807) is 12.1 Å². The van der Waals surface area contributed by atoms with Gasteiger partial charge in [0.1, 0.15) is 11.8 Å². The quantitative estimate of drug-likeness (QED) is 0.610. The molecule has 0 radical (unpaired) electrons. The van der Waals surface area contributed by atoms with Gasteiger partial charge in [-0.3, -0.25) is 9.71 Å². The summed E-state index contributed by atoms with van der Waals surface area (Å²) in [5.74, 6) is 0.749. The molecule has 1 aliphatic carbocycles. The lowest BCUT2D eigenvalue weighted by molar-refractivity contribution is 0.242. The molecule has 156 valence electrons. The second-order valence-electron chi connectivity index (χ2n) is 7.70. The van der Waals surface area contributed by atoms with Crippen molar-refractivity contribution in [2.75, 3.05) is 4.72 Å². The summed E-state index contributed by atoms with van der Waals surface area (Å²) >= 11 is 0. The molecule has 8 heteroatoms. The van der Waals surface area contributed by atoms with Gasteiger partial charge < -0.3 is 9.30 Å². The number of fused-ring (bicyclic) bond motifs is 1. The summed E-state index contributed by atoms with van der Waals surface area (Å²) in [6, 6.07) is 11.5. The van der Waals surface area contributed by atoms with Crippen molar-refractivity contribution in [2.45, 2.75) is 51.5 Å². The largest absolute Gasteiger partial charge is 0.491 e. The van der Waals surface area contributed by atoms with Crippen molar-refractivity contribution in [3.63, 3.8) is 0 Å². The Balaban J connectivity index is 1.76. The van der Waals surface area contributed by atoms with E-state index in [2.05, 4.69) is 15.8 Å². The third-order valence-corrected chi connectivity index (χ3v) is 6.93. The minimum atomic E-state index is -3.34. The molecule has 1 aliphatic rings. The zero-order valence-corrected chi connectivity index (χ0v) is 18.0. The van der Waals surface area contributed by atoms with Gasteiger partial charge in [-0.25, -0.2) is 8.42 Å². The lowest BCUT2D eigenvalue weighted by atomic mass is 10.1. The van der Waals surface area contributed by atoms with Crippen LogP contribution in [0.5, 0.6) is 5.75 Å². The molecule has 7 nitrogen and oxygen atoms in total. The number of sulfonamides is 1. The molecule has 0 atom stereocenters. The molecule has 1 aromatic carbocycles. The molecule has 2 aromatic heterocycles. The van der Waals surface area contributed by atoms with Crippen molar-refractivity contribution >= 4 is 26.6 Å². The molecular weight excluding hydrogens is 400 g/mol. The molecule has 0 bridgehead atoms. The molecule has 0 unspecified atom stereocenters. The number of pyridine rings is 1. The number of aryl methyl sites for hydroxylation is 1. The van der Waals surface area contributed by atoms with E-state index >= 15 is 0 Å². The first-order valence-corrected chi connectivity index (χ1v) is 11.6. The minimum absolute atomic E-state index is 0.0519. The fourth-order valence-corrected chi connectivity index (χ4v) is 4.98. The Morgan fingerprint density at radius 1 is 1.30 bits per heavy atom. The van der Waals surface area contributed by atoms with E-state index in [0.717, 1.165) is 16.7 Å². The fraction of sp³-hybridized carbons (Fsp3) is 0.364. The highest BCUT2D eigenvalue weighted by Gasteiger charge is 2.35. The van der Waals surface area contributed by atoms with Gasteiger partial charge in [-0.05, 0) is 57.9 Å². The summed E-state index contributed by atoms with van der Waals surface area (Å²) in [4.78, 5) is 4.47. The number of rotatable bonds is 7. The van der Waals surface area contributed by atoms with Crippen LogP contribution in [0.4, 0.5) is 5.69 Å². The smallest absolute Gasteiger partial charge is 0.235 e. The number of hydrogen-bond acceptors (Lipinski definition) is 5. The zero-order chi connectivity index (χ0) is 21.5. The number of anilines is 1. The van der Waals surface area contributed by atoms with Gasteiger partial charge in [-0.2, -0.15) is 5.26 Å². The fourth-order valence-electron chi connectivity index (χ4n) is 3.60. The molecule has 0 aliphatic heterocycles. The standard InChI is InChI=1S/C22H24N4O3S/c1-4-26-21-11-16(29-14(2)3)6-9-18(21)19(12-23)22(26)20-10-5-15(13-24-20)25-30(27,28)17-7-8-17/h5-6,9-11,13-14,17,25H,4,7-8H2,1-3H3. The second-order valence-corrected chi connectivity index (χ2v) is 9.66. The number of nitrogens with one attached hydrogen (secondary N) is 1. The molecule has 1 fully saturated rings. The zero-order valence-electron chi connectivity index (χ0n) is 17.2. The number of ether oxygens (including phenoxy) is 1. The highest BCUT2D eigenvalue weighted by atomic mass is 32.2. The number of benzene rings is 1. The third-order valence-electron chi connectivity index (χ3n) is 5.07. The van der Waals surface area contributed by atoms with Crippen LogP contribution in [-0.2, 0) is 16.6 Å². The Kier molecular flexibility index (Phi) is 5.16. The van der Waals surface area contributed by atoms with Gasteiger partial charge in [0.2, 0.25) is 10.0 Å². The summed E-state index contributed by atoms with van der Waals surface area (Å²) in [7, 11) is -3.34. The molecular formula is C22H24N4O3S. The van der Waals surface area contributed by atoms with Crippen LogP contribution in [0.15, 0.2) is 36.5 Å². The molecule has 0 saturated heterocycles. The SMILES string of the molecule is CCn1c(-c2ccc(NS(=O)(=O)C3CC3)cn2)c(C#N)c2ccc(OC(C)C)cc21. The number of aromatic nitrogens is 2. The van der Waals surface area contributed by atoms with Gasteiger partial charge in [0.15, 0.2) is 0 Å². The predicted octanol–water partition coefficient (Wildman–Crippen LogP) is 4.29. The molecule has 4 rings (SSSR count). The van der Waals surface area contributed by atoms with Crippen LogP contribution in [0.25, 0.3) is 22.3 Å². The van der Waals surface area contributed by atoms with E-state index in [9.17, 15) is 13.7 Å². The molecule has 1 saturated carbocycles. The summed E-state index contributed by atoms with van der Waals surface area (Å²) in [6.07, 6.45) is 2.95. The topological polar surface area (TPSA) is 97.0 Å². The Bertz CT molecular complexity index is 1230. The first kappa shape index (κ1) is 20.2. The van der Waals surface area contributed by atoms with Gasteiger partial charge >= 0.3 is 0 Å². The third kappa shape index (κ3) is 3.73. The maximum Gasteiger partial charge on any atom is 0.235 e. The highest BCUT2D eigenvalue weighted by molar-refractivity contribution is 7.93. The van der Waals surface area contributed by atoms with Crippen LogP contribution in [-0.4, -0.2) is 29.3 Å². The predicted molar refractivity (Wildman–Crippen MR) is 117 cm³/mol. The Morgan fingerprint density at radius 2 is 2.07 bits per heavy atom. The first-order valence-electron chi connectivity index (χ1n) is 10.0. The van der Waals surface area contributed by atoms with Gasteiger partial charge in [0.05, 0.1) is 45.7 Å². The summed E-state index contributed by atoms with van der Waals surface area (Å²) < 4.78 is 34.7. The molecule has 3 aromatic rings. The lowest BCUT2D eigenvalue weighted by Gasteiger charge is -2.11. The van der Waals surface area contributed by atoms with Crippen molar-refractivity contribution in [2.24, 2.45) is 0 Å². The monoisotopic (exact) mass is 424 g/mol. The average molecular weight is 425 g/mol. The highest BCUT2D eigenvalue weighted by Crippen LogP contribution is 2.35. The summed E-state index contributed by atoms with van der Waals surface area (Å²) in [5.41, 5.74) is 3.21. The molecule has 0 spiro atoms. The van der Waals surface area contributed by atoms with Gasteiger partial charge in [-0.1, -0.05) is 0 Å². The van der Waals surface area contributed by atoms with Crippen molar-refractivity contribution in [3.05, 3.63) is 42.1 Å². The minimum Gasteiger partial charge on any atom is -0.491 e. The first-order chi connectivity index (χ1) is 14.3. The van der Waals surface area contributed by atoms with Crippen molar-refractivity contribution in [1.82, 2.24) is 9.55 Å². The Hall–Kier alpha value is -3.05. The van der Waals surface area contributed by atoms with Crippen LogP contribution in [0, 0.1) is 11.3 Å². The Morgan fingerprint density at radius 3 is 2.63 bits per heavy atom. The summed E-state index contributed by atoms with van der Waals surface area (Å²) in [6.45, 7) is 6.60. The van der Waals surface area contributed by atoms with Crippen LogP contribution in [0.1, 0.15) is 39.2 Å². The number of nitrogens with zero attached hydrogens (tertiary/aromatic N) is 3. The van der Waals surface area contributed by atoms with E-state index in [4.69, 9.17) is 4.74 Å². The average Bonchev–Trinajstić information content (AvgIpc) is 3.51. The normalized spacial score (nSPS) is 14.1. The maximum absolute atomic E-state index is 12.1. The number of hydrogen-bond donors (Lipinski definition) is 1. The Labute approximate surface area is 176 Å². The van der Waals surface area contributed by atoms with Crippen LogP contribution in [0.2, 0.25) is 0 Å². The van der Waals surface area contributed by atoms with Gasteiger partial charge in [-0.15, -0.1) is 0 Å². The van der Waals surface area contributed by atoms with Crippen LogP contribution < -0.4 is 9.46 Å². The molecule has 1 N–H and O–H groups in total. The van der Waals surface area contributed by atoms with E-state index in [1.165, 1.54) is 6.20 Å². The van der Waals surface area contributed by atoms with Crippen LogP contribution >= 0.6 is 0 Å². The molecule has 2 heterocycles. The molecule has 0 amide bonds. The molecule has 30 heavy (non-hydrogen) atoms. The van der Waals surface area contributed by atoms with Crippen molar-refractivity contribution < 1.29 is 13.2 Å². The van der Waals surface area contributed by atoms with Crippen molar-refractivity contribution in [3.8, 4) is 23.2 Å².